The first kappa shape index (κ1) is 16.0. The van der Waals surface area contributed by atoms with Crippen molar-refractivity contribution in [2.24, 2.45) is 5.92 Å². The highest BCUT2D eigenvalue weighted by Crippen LogP contribution is 2.29. The van der Waals surface area contributed by atoms with Crippen LogP contribution >= 0.6 is 0 Å². The molecule has 1 fully saturated rings. The summed E-state index contributed by atoms with van der Waals surface area (Å²) in [5, 5.41) is 0. The van der Waals surface area contributed by atoms with Crippen molar-refractivity contribution in [3.63, 3.8) is 0 Å². The van der Waals surface area contributed by atoms with Gasteiger partial charge in [-0.15, -0.1) is 0 Å². The number of rotatable bonds is 7. The van der Waals surface area contributed by atoms with E-state index in [1.54, 1.807) is 14.0 Å². The van der Waals surface area contributed by atoms with Gasteiger partial charge in [0.2, 0.25) is 0 Å². The Kier molecular flexibility index (Phi) is 5.40. The van der Waals surface area contributed by atoms with Gasteiger partial charge in [0, 0.05) is 31.5 Å². The van der Waals surface area contributed by atoms with E-state index in [2.05, 4.69) is 30.9 Å². The highest BCUT2D eigenvalue weighted by Gasteiger charge is 2.28. The molecule has 3 heteroatoms. The minimum Gasteiger partial charge on any atom is -0.378 e. The van der Waals surface area contributed by atoms with Crippen LogP contribution in [-0.2, 0) is 11.2 Å². The molecule has 0 saturated carbocycles. The Morgan fingerprint density at radius 3 is 2.71 bits per heavy atom. The lowest BCUT2D eigenvalue weighted by molar-refractivity contribution is 0.0786. The second kappa shape index (κ2) is 7.08. The first-order valence-electron chi connectivity index (χ1n) is 7.96. The highest BCUT2D eigenvalue weighted by molar-refractivity contribution is 5.95. The second-order valence-corrected chi connectivity index (χ2v) is 6.21. The summed E-state index contributed by atoms with van der Waals surface area (Å²) in [6, 6.07) is 6.15. The summed E-state index contributed by atoms with van der Waals surface area (Å²) in [7, 11) is 1.76. The lowest BCUT2D eigenvalue weighted by atomic mass is 9.95. The fourth-order valence-corrected chi connectivity index (χ4v) is 2.68. The maximum Gasteiger partial charge on any atom is 0.159 e. The van der Waals surface area contributed by atoms with Crippen LogP contribution < -0.4 is 4.90 Å². The minimum absolute atomic E-state index is 0.133. The van der Waals surface area contributed by atoms with Gasteiger partial charge in [0.1, 0.15) is 0 Å². The molecule has 1 aliphatic rings. The van der Waals surface area contributed by atoms with Gasteiger partial charge in [0.05, 0.1) is 6.10 Å². The molecule has 1 atom stereocenters. The van der Waals surface area contributed by atoms with Gasteiger partial charge in [0.15, 0.2) is 5.78 Å². The van der Waals surface area contributed by atoms with Crippen molar-refractivity contribution in [3.8, 4) is 0 Å². The van der Waals surface area contributed by atoms with E-state index in [9.17, 15) is 4.79 Å². The number of ketones is 1. The Hall–Kier alpha value is -1.35. The molecule has 2 rings (SSSR count). The molecular formula is C18H27NO2. The lowest BCUT2D eigenvalue weighted by Gasteiger charge is -2.41. The van der Waals surface area contributed by atoms with E-state index in [4.69, 9.17) is 4.74 Å². The average molecular weight is 289 g/mol. The molecule has 0 spiro atoms. The topological polar surface area (TPSA) is 29.5 Å². The van der Waals surface area contributed by atoms with E-state index in [0.29, 0.717) is 6.10 Å². The van der Waals surface area contributed by atoms with Crippen LogP contribution in [0.25, 0.3) is 0 Å². The van der Waals surface area contributed by atoms with Crippen molar-refractivity contribution in [2.45, 2.75) is 46.1 Å². The standard InChI is InChI=1S/C18H27NO2/c1-5-13(2)6-7-15-8-9-16(14(3)20)10-18(15)19-11-17(12-19)21-4/h8-10,13,17H,5-7,11-12H2,1-4H3. The summed E-state index contributed by atoms with van der Waals surface area (Å²) in [5.41, 5.74) is 3.38. The molecule has 1 aliphatic heterocycles. The van der Waals surface area contributed by atoms with Crippen LogP contribution in [0.5, 0.6) is 0 Å². The number of carbonyl (C=O) groups excluding carboxylic acids is 1. The van der Waals surface area contributed by atoms with Crippen molar-refractivity contribution in [1.29, 1.82) is 0 Å². The van der Waals surface area contributed by atoms with Crippen molar-refractivity contribution in [1.82, 2.24) is 0 Å². The Bertz CT molecular complexity index is 492. The van der Waals surface area contributed by atoms with E-state index in [-0.39, 0.29) is 5.78 Å². The number of nitrogens with zero attached hydrogens (tertiary/aromatic N) is 1. The van der Waals surface area contributed by atoms with E-state index >= 15 is 0 Å². The monoisotopic (exact) mass is 289 g/mol. The number of ether oxygens (including phenoxy) is 1. The third-order valence-corrected chi connectivity index (χ3v) is 4.62. The average Bonchev–Trinajstić information content (AvgIpc) is 2.44. The molecular weight excluding hydrogens is 262 g/mol. The molecule has 0 aliphatic carbocycles. The van der Waals surface area contributed by atoms with Crippen molar-refractivity contribution in [3.05, 3.63) is 29.3 Å². The minimum atomic E-state index is 0.133. The van der Waals surface area contributed by atoms with Gasteiger partial charge < -0.3 is 9.64 Å². The zero-order chi connectivity index (χ0) is 15.4. The van der Waals surface area contributed by atoms with E-state index in [1.807, 2.05) is 6.07 Å². The molecule has 0 amide bonds. The van der Waals surface area contributed by atoms with E-state index in [1.165, 1.54) is 24.1 Å². The quantitative estimate of drug-likeness (QED) is 0.717. The number of benzene rings is 1. The molecule has 1 heterocycles. The van der Waals surface area contributed by atoms with Gasteiger partial charge in [0.25, 0.3) is 0 Å². The van der Waals surface area contributed by atoms with Crippen LogP contribution in [0.4, 0.5) is 5.69 Å². The highest BCUT2D eigenvalue weighted by atomic mass is 16.5. The molecule has 1 aromatic rings. The Labute approximate surface area is 128 Å². The van der Waals surface area contributed by atoms with Crippen LogP contribution in [0.1, 0.15) is 49.5 Å². The van der Waals surface area contributed by atoms with Crippen LogP contribution in [0.2, 0.25) is 0 Å². The summed E-state index contributed by atoms with van der Waals surface area (Å²) in [6.45, 7) is 8.02. The van der Waals surface area contributed by atoms with Gasteiger partial charge in [-0.25, -0.2) is 0 Å². The SMILES string of the molecule is CCC(C)CCc1ccc(C(C)=O)cc1N1CC(OC)C1. The third kappa shape index (κ3) is 3.85. The van der Waals surface area contributed by atoms with Gasteiger partial charge >= 0.3 is 0 Å². The van der Waals surface area contributed by atoms with Crippen LogP contribution in [0, 0.1) is 5.92 Å². The molecule has 116 valence electrons. The number of hydrogen-bond donors (Lipinski definition) is 0. The first-order chi connectivity index (χ1) is 10.0. The molecule has 0 N–H and O–H groups in total. The molecule has 1 aromatic carbocycles. The number of aryl methyl sites for hydroxylation is 1. The predicted molar refractivity (Wildman–Crippen MR) is 87.2 cm³/mol. The number of hydrogen-bond acceptors (Lipinski definition) is 3. The Balaban J connectivity index is 2.16. The maximum atomic E-state index is 11.6. The zero-order valence-corrected chi connectivity index (χ0v) is 13.7. The fourth-order valence-electron chi connectivity index (χ4n) is 2.68. The number of Topliss-reactive ketones (excluding diaryl/α,β-unsaturated/α-hetero) is 1. The molecule has 0 aromatic heterocycles. The summed E-state index contributed by atoms with van der Waals surface area (Å²) in [5.74, 6) is 0.877. The summed E-state index contributed by atoms with van der Waals surface area (Å²) in [4.78, 5) is 14.0. The summed E-state index contributed by atoms with van der Waals surface area (Å²) < 4.78 is 5.36. The predicted octanol–water partition coefficient (Wildman–Crippen LogP) is 3.70. The molecule has 21 heavy (non-hydrogen) atoms. The fraction of sp³-hybridized carbons (Fsp3) is 0.611. The van der Waals surface area contributed by atoms with E-state index < -0.39 is 0 Å². The number of anilines is 1. The normalized spacial score (nSPS) is 16.7. The second-order valence-electron chi connectivity index (χ2n) is 6.21. The third-order valence-electron chi connectivity index (χ3n) is 4.62. The van der Waals surface area contributed by atoms with Crippen molar-refractivity contribution >= 4 is 11.5 Å². The van der Waals surface area contributed by atoms with Gasteiger partial charge in [-0.2, -0.15) is 0 Å². The van der Waals surface area contributed by atoms with Crippen molar-refractivity contribution < 1.29 is 9.53 Å². The molecule has 1 unspecified atom stereocenters. The maximum absolute atomic E-state index is 11.6. The number of methoxy groups -OCH3 is 1. The smallest absolute Gasteiger partial charge is 0.159 e. The van der Waals surface area contributed by atoms with Gasteiger partial charge in [-0.3, -0.25) is 4.79 Å². The van der Waals surface area contributed by atoms with Gasteiger partial charge in [-0.1, -0.05) is 32.4 Å². The van der Waals surface area contributed by atoms with Crippen LogP contribution in [0.15, 0.2) is 18.2 Å². The molecule has 0 bridgehead atoms. The molecule has 0 radical (unpaired) electrons. The van der Waals surface area contributed by atoms with Crippen LogP contribution in [-0.4, -0.2) is 32.1 Å². The number of carbonyl (C=O) groups is 1. The summed E-state index contributed by atoms with van der Waals surface area (Å²) >= 11 is 0. The molecule has 3 nitrogen and oxygen atoms in total. The van der Waals surface area contributed by atoms with Crippen LogP contribution in [0.3, 0.4) is 0 Å². The first-order valence-corrected chi connectivity index (χ1v) is 7.96. The molecule has 1 saturated heterocycles. The van der Waals surface area contributed by atoms with Gasteiger partial charge in [-0.05, 0) is 37.3 Å². The zero-order valence-electron chi connectivity index (χ0n) is 13.7. The Morgan fingerprint density at radius 2 is 2.14 bits per heavy atom. The summed E-state index contributed by atoms with van der Waals surface area (Å²) in [6.07, 6.45) is 3.82. The van der Waals surface area contributed by atoms with Crippen molar-refractivity contribution in [2.75, 3.05) is 25.1 Å². The Morgan fingerprint density at radius 1 is 1.43 bits per heavy atom. The lowest BCUT2D eigenvalue weighted by Crippen LogP contribution is -2.52. The van der Waals surface area contributed by atoms with E-state index in [0.717, 1.165) is 31.0 Å². The largest absolute Gasteiger partial charge is 0.378 e.